The molecule has 0 spiro atoms. The van der Waals surface area contributed by atoms with Gasteiger partial charge in [-0.05, 0) is 48.4 Å². The first kappa shape index (κ1) is 28.3. The largest absolute Gasteiger partial charge is 0.507 e. The van der Waals surface area contributed by atoms with Crippen molar-refractivity contribution in [3.8, 4) is 11.5 Å². The van der Waals surface area contributed by atoms with E-state index in [9.17, 15) is 14.7 Å². The van der Waals surface area contributed by atoms with Gasteiger partial charge in [-0.15, -0.1) is 0 Å². The summed E-state index contributed by atoms with van der Waals surface area (Å²) in [6, 6.07) is 13.5. The van der Waals surface area contributed by atoms with E-state index < -0.39 is 17.7 Å². The molecule has 0 aromatic heterocycles. The molecule has 6 nitrogen and oxygen atoms in total. The molecule has 37 heavy (non-hydrogen) atoms. The topological polar surface area (TPSA) is 76.1 Å². The molecule has 1 unspecified atom stereocenters. The van der Waals surface area contributed by atoms with E-state index in [1.54, 1.807) is 43.4 Å². The predicted octanol–water partition coefficient (Wildman–Crippen LogP) is 7.05. The fourth-order valence-corrected chi connectivity index (χ4v) is 4.92. The number of rotatable bonds is 15. The van der Waals surface area contributed by atoms with E-state index in [0.29, 0.717) is 23.6 Å². The molecule has 0 aliphatic carbocycles. The highest BCUT2D eigenvalue weighted by molar-refractivity contribution is 6.46. The van der Waals surface area contributed by atoms with E-state index in [-0.39, 0.29) is 11.3 Å². The Kier molecular flexibility index (Phi) is 11.1. The molecule has 1 amide bonds. The third-order valence-electron chi connectivity index (χ3n) is 7.09. The zero-order chi connectivity index (χ0) is 26.6. The predicted molar refractivity (Wildman–Crippen MR) is 147 cm³/mol. The van der Waals surface area contributed by atoms with Crippen LogP contribution in [0.1, 0.15) is 88.3 Å². The molecule has 200 valence electrons. The summed E-state index contributed by atoms with van der Waals surface area (Å²) >= 11 is 0. The number of methoxy groups -OCH3 is 2. The number of likely N-dealkylation sites (tertiary alicyclic amines) is 1. The Hall–Kier alpha value is -3.28. The minimum atomic E-state index is -0.652. The average Bonchev–Trinajstić information content (AvgIpc) is 3.18. The maximum Gasteiger partial charge on any atom is 0.295 e. The third-order valence-corrected chi connectivity index (χ3v) is 7.09. The van der Waals surface area contributed by atoms with E-state index in [4.69, 9.17) is 9.47 Å². The van der Waals surface area contributed by atoms with Crippen LogP contribution in [0.25, 0.3) is 5.76 Å². The molecular formula is C31H41NO5. The standard InChI is InChI=1S/C31H41NO5/c1-4-5-6-7-8-9-10-11-12-13-22-32-28(23-14-18-25(36-2)19-15-23)27(30(34)31(32)35)29(33)24-16-20-26(37-3)21-17-24/h14-21,28,33H,4-13,22H2,1-3H3/b29-27-. The Morgan fingerprint density at radius 3 is 1.76 bits per heavy atom. The molecule has 1 heterocycles. The number of unbranched alkanes of at least 4 members (excludes halogenated alkanes) is 9. The summed E-state index contributed by atoms with van der Waals surface area (Å²) in [5.41, 5.74) is 1.35. The lowest BCUT2D eigenvalue weighted by atomic mass is 9.95. The lowest BCUT2D eigenvalue weighted by molar-refractivity contribution is -0.139. The molecule has 6 heteroatoms. The number of benzene rings is 2. The van der Waals surface area contributed by atoms with Crippen molar-refractivity contribution in [3.05, 3.63) is 65.2 Å². The first-order chi connectivity index (χ1) is 18.0. The Morgan fingerprint density at radius 1 is 0.757 bits per heavy atom. The summed E-state index contributed by atoms with van der Waals surface area (Å²) < 4.78 is 10.5. The number of Topliss-reactive ketones (excluding diaryl/α,β-unsaturated/α-hetero) is 1. The van der Waals surface area contributed by atoms with Crippen molar-refractivity contribution in [1.29, 1.82) is 0 Å². The number of ether oxygens (including phenoxy) is 2. The first-order valence-electron chi connectivity index (χ1n) is 13.6. The van der Waals surface area contributed by atoms with Crippen LogP contribution in [-0.2, 0) is 9.59 Å². The highest BCUT2D eigenvalue weighted by atomic mass is 16.5. The van der Waals surface area contributed by atoms with Crippen LogP contribution in [0.15, 0.2) is 54.1 Å². The van der Waals surface area contributed by atoms with Gasteiger partial charge in [-0.3, -0.25) is 9.59 Å². The average molecular weight is 508 g/mol. The second-order valence-electron chi connectivity index (χ2n) is 9.68. The molecule has 1 aliphatic heterocycles. The summed E-state index contributed by atoms with van der Waals surface area (Å²) in [4.78, 5) is 27.9. The van der Waals surface area contributed by atoms with Crippen molar-refractivity contribution in [3.63, 3.8) is 0 Å². The fourth-order valence-electron chi connectivity index (χ4n) is 4.92. The lowest BCUT2D eigenvalue weighted by Crippen LogP contribution is -2.30. The second kappa shape index (κ2) is 14.5. The Bertz CT molecular complexity index is 1040. The van der Waals surface area contributed by atoms with Gasteiger partial charge in [-0.1, -0.05) is 76.8 Å². The van der Waals surface area contributed by atoms with Gasteiger partial charge in [0.25, 0.3) is 11.7 Å². The quantitative estimate of drug-likeness (QED) is 0.121. The number of aliphatic hydroxyl groups excluding tert-OH is 1. The lowest BCUT2D eigenvalue weighted by Gasteiger charge is -2.25. The van der Waals surface area contributed by atoms with Gasteiger partial charge in [-0.25, -0.2) is 0 Å². The van der Waals surface area contributed by atoms with Crippen LogP contribution >= 0.6 is 0 Å². The molecule has 1 aliphatic rings. The number of hydrogen-bond donors (Lipinski definition) is 1. The van der Waals surface area contributed by atoms with E-state index in [1.165, 1.54) is 44.9 Å². The van der Waals surface area contributed by atoms with Crippen LogP contribution in [0.2, 0.25) is 0 Å². The van der Waals surface area contributed by atoms with Gasteiger partial charge in [0, 0.05) is 12.1 Å². The summed E-state index contributed by atoms with van der Waals surface area (Å²) in [6.07, 6.45) is 11.9. The van der Waals surface area contributed by atoms with Gasteiger partial charge in [-0.2, -0.15) is 0 Å². The highest BCUT2D eigenvalue weighted by Gasteiger charge is 2.45. The van der Waals surface area contributed by atoms with Crippen LogP contribution in [0.5, 0.6) is 11.5 Å². The first-order valence-corrected chi connectivity index (χ1v) is 13.6. The van der Waals surface area contributed by atoms with Crippen LogP contribution in [-0.4, -0.2) is 42.5 Å². The molecule has 1 fully saturated rings. The van der Waals surface area contributed by atoms with Crippen molar-refractivity contribution < 1.29 is 24.2 Å². The second-order valence-corrected chi connectivity index (χ2v) is 9.68. The molecule has 3 rings (SSSR count). The number of nitrogens with zero attached hydrogens (tertiary/aromatic N) is 1. The molecule has 1 saturated heterocycles. The van der Waals surface area contributed by atoms with Crippen molar-refractivity contribution in [2.75, 3.05) is 20.8 Å². The van der Waals surface area contributed by atoms with Crippen molar-refractivity contribution in [1.82, 2.24) is 4.90 Å². The monoisotopic (exact) mass is 507 g/mol. The zero-order valence-corrected chi connectivity index (χ0v) is 22.5. The summed E-state index contributed by atoms with van der Waals surface area (Å²) in [5, 5.41) is 11.2. The highest BCUT2D eigenvalue weighted by Crippen LogP contribution is 2.40. The summed E-state index contributed by atoms with van der Waals surface area (Å²) in [6.45, 7) is 2.70. The summed E-state index contributed by atoms with van der Waals surface area (Å²) in [5.74, 6) is -0.0596. The summed E-state index contributed by atoms with van der Waals surface area (Å²) in [7, 11) is 3.16. The van der Waals surface area contributed by atoms with Gasteiger partial charge in [0.15, 0.2) is 0 Å². The van der Waals surface area contributed by atoms with Gasteiger partial charge >= 0.3 is 0 Å². The van der Waals surface area contributed by atoms with Gasteiger partial charge < -0.3 is 19.5 Å². The van der Waals surface area contributed by atoms with Crippen LogP contribution in [0, 0.1) is 0 Å². The van der Waals surface area contributed by atoms with E-state index >= 15 is 0 Å². The van der Waals surface area contributed by atoms with E-state index in [2.05, 4.69) is 6.92 Å². The van der Waals surface area contributed by atoms with Gasteiger partial charge in [0.1, 0.15) is 17.3 Å². The van der Waals surface area contributed by atoms with Crippen LogP contribution in [0.4, 0.5) is 0 Å². The maximum absolute atomic E-state index is 13.2. The smallest absolute Gasteiger partial charge is 0.295 e. The molecule has 2 aromatic carbocycles. The third kappa shape index (κ3) is 7.37. The molecule has 1 atom stereocenters. The molecule has 0 radical (unpaired) electrons. The number of carbonyl (C=O) groups excluding carboxylic acids is 2. The zero-order valence-electron chi connectivity index (χ0n) is 22.5. The van der Waals surface area contributed by atoms with Crippen molar-refractivity contribution >= 4 is 17.4 Å². The molecule has 1 N–H and O–H groups in total. The Morgan fingerprint density at radius 2 is 1.24 bits per heavy atom. The number of ketones is 1. The Labute approximate surface area is 221 Å². The molecule has 2 aromatic rings. The van der Waals surface area contributed by atoms with Crippen molar-refractivity contribution in [2.24, 2.45) is 0 Å². The molecular weight excluding hydrogens is 466 g/mol. The number of hydrogen-bond acceptors (Lipinski definition) is 5. The van der Waals surface area contributed by atoms with E-state index in [1.807, 2.05) is 24.3 Å². The van der Waals surface area contributed by atoms with Crippen LogP contribution < -0.4 is 9.47 Å². The molecule has 0 bridgehead atoms. The normalized spacial score (nSPS) is 16.8. The minimum Gasteiger partial charge on any atom is -0.507 e. The van der Waals surface area contributed by atoms with Crippen LogP contribution in [0.3, 0.4) is 0 Å². The molecule has 0 saturated carbocycles. The number of amides is 1. The Balaban J connectivity index is 1.74. The maximum atomic E-state index is 13.2. The SMILES string of the molecule is CCCCCCCCCCCCN1C(=O)C(=O)/C(=C(\O)c2ccc(OC)cc2)C1c1ccc(OC)cc1. The fraction of sp³-hybridized carbons (Fsp3) is 0.484. The van der Waals surface area contributed by atoms with E-state index in [0.717, 1.165) is 24.8 Å². The van der Waals surface area contributed by atoms with Gasteiger partial charge in [0.2, 0.25) is 0 Å². The number of aliphatic hydroxyl groups is 1. The van der Waals surface area contributed by atoms with Gasteiger partial charge in [0.05, 0.1) is 25.8 Å². The van der Waals surface area contributed by atoms with Crippen molar-refractivity contribution in [2.45, 2.75) is 77.2 Å². The number of carbonyl (C=O) groups is 2. The minimum absolute atomic E-state index is 0.118.